The third-order valence-corrected chi connectivity index (χ3v) is 6.06. The first-order valence-corrected chi connectivity index (χ1v) is 9.81. The van der Waals surface area contributed by atoms with Gasteiger partial charge in [0, 0.05) is 5.92 Å². The van der Waals surface area contributed by atoms with E-state index < -0.39 is 6.10 Å². The van der Waals surface area contributed by atoms with Crippen LogP contribution >= 0.6 is 0 Å². The molecule has 2 N–H and O–H groups in total. The molecule has 0 bridgehead atoms. The molecule has 2 aliphatic rings. The lowest BCUT2D eigenvalue weighted by molar-refractivity contribution is 0.0109. The largest absolute Gasteiger partial charge is 0.393 e. The van der Waals surface area contributed by atoms with Crippen LogP contribution in [0, 0.1) is 17.8 Å². The summed E-state index contributed by atoms with van der Waals surface area (Å²) in [6.45, 7) is 1.17. The van der Waals surface area contributed by atoms with Crippen molar-refractivity contribution in [2.45, 2.75) is 50.7 Å². The molecule has 1 aromatic carbocycles. The molecule has 1 saturated carbocycles. The maximum absolute atomic E-state index is 10.8. The Bertz CT molecular complexity index is 569. The van der Waals surface area contributed by atoms with Gasteiger partial charge in [-0.3, -0.25) is 0 Å². The molecule has 138 valence electrons. The van der Waals surface area contributed by atoms with Crippen LogP contribution in [0.25, 0.3) is 0 Å². The Labute approximate surface area is 152 Å². The van der Waals surface area contributed by atoms with Gasteiger partial charge in [-0.25, -0.2) is 0 Å². The first kappa shape index (κ1) is 18.6. The lowest BCUT2D eigenvalue weighted by Crippen LogP contribution is -2.26. The van der Waals surface area contributed by atoms with Crippen molar-refractivity contribution >= 4 is 0 Å². The number of nitrogens with zero attached hydrogens (tertiary/aromatic N) is 1. The molecule has 25 heavy (non-hydrogen) atoms. The molecule has 0 radical (unpaired) electrons. The number of hydrogen-bond donors (Lipinski definition) is 2. The van der Waals surface area contributed by atoms with Gasteiger partial charge in [0.2, 0.25) is 0 Å². The summed E-state index contributed by atoms with van der Waals surface area (Å²) < 4.78 is 0. The van der Waals surface area contributed by atoms with Crippen LogP contribution in [-0.4, -0.2) is 41.9 Å². The fourth-order valence-corrected chi connectivity index (χ4v) is 4.79. The maximum Gasteiger partial charge on any atom is 0.0845 e. The molecule has 0 aromatic heterocycles. The first-order valence-electron chi connectivity index (χ1n) is 9.81. The first-order chi connectivity index (χ1) is 12.1. The van der Waals surface area contributed by atoms with Crippen molar-refractivity contribution in [3.63, 3.8) is 0 Å². The summed E-state index contributed by atoms with van der Waals surface area (Å²) >= 11 is 0. The number of benzene rings is 1. The predicted octanol–water partition coefficient (Wildman–Crippen LogP) is 3.79. The van der Waals surface area contributed by atoms with E-state index in [9.17, 15) is 10.2 Å². The van der Waals surface area contributed by atoms with E-state index >= 15 is 0 Å². The highest BCUT2D eigenvalue weighted by Crippen LogP contribution is 2.51. The molecular weight excluding hydrogens is 310 g/mol. The highest BCUT2D eigenvalue weighted by Gasteiger charge is 2.47. The molecule has 0 heterocycles. The van der Waals surface area contributed by atoms with Gasteiger partial charge in [0.1, 0.15) is 0 Å². The van der Waals surface area contributed by atoms with E-state index in [0.717, 1.165) is 18.4 Å². The van der Waals surface area contributed by atoms with Gasteiger partial charge in [0.25, 0.3) is 0 Å². The predicted molar refractivity (Wildman–Crippen MR) is 102 cm³/mol. The van der Waals surface area contributed by atoms with Gasteiger partial charge < -0.3 is 15.1 Å². The highest BCUT2D eigenvalue weighted by molar-refractivity contribution is 5.23. The number of aliphatic hydroxyl groups excluding tert-OH is 2. The Balaban J connectivity index is 1.53. The summed E-state index contributed by atoms with van der Waals surface area (Å²) in [4.78, 5) is 2.25. The van der Waals surface area contributed by atoms with Gasteiger partial charge in [-0.15, -0.1) is 0 Å². The van der Waals surface area contributed by atoms with E-state index in [1.807, 2.05) is 30.3 Å². The highest BCUT2D eigenvalue weighted by atomic mass is 16.3. The summed E-state index contributed by atoms with van der Waals surface area (Å²) in [6.07, 6.45) is 8.33. The monoisotopic (exact) mass is 343 g/mol. The van der Waals surface area contributed by atoms with Crippen LogP contribution < -0.4 is 0 Å². The van der Waals surface area contributed by atoms with Crippen molar-refractivity contribution in [3.8, 4) is 0 Å². The lowest BCUT2D eigenvalue weighted by atomic mass is 9.82. The van der Waals surface area contributed by atoms with Crippen LogP contribution in [0.1, 0.15) is 50.2 Å². The molecule has 0 aliphatic heterocycles. The third kappa shape index (κ3) is 4.52. The lowest BCUT2D eigenvalue weighted by Gasteiger charge is -2.27. The summed E-state index contributed by atoms with van der Waals surface area (Å²) in [5.41, 5.74) is 2.49. The van der Waals surface area contributed by atoms with Crippen molar-refractivity contribution in [2.24, 2.45) is 17.8 Å². The second-order valence-electron chi connectivity index (χ2n) is 8.21. The zero-order valence-corrected chi connectivity index (χ0v) is 15.6. The number of unbranched alkanes of at least 4 members (excludes halogenated alkanes) is 2. The Morgan fingerprint density at radius 1 is 1.12 bits per heavy atom. The van der Waals surface area contributed by atoms with Crippen molar-refractivity contribution in [3.05, 3.63) is 47.5 Å². The Kier molecular flexibility index (Phi) is 6.32. The average Bonchev–Trinajstić information content (AvgIpc) is 3.10. The SMILES string of the molecule is CN(C)CCCCCC1=C[C@H]2C[C@@H](O)[C@H]([C@@H](O)c3ccccc3)[C@H]2C1. The molecule has 0 unspecified atom stereocenters. The molecule has 5 atom stereocenters. The van der Waals surface area contributed by atoms with Crippen molar-refractivity contribution < 1.29 is 10.2 Å². The number of fused-ring (bicyclic) bond motifs is 1. The van der Waals surface area contributed by atoms with E-state index in [1.54, 1.807) is 5.57 Å². The maximum atomic E-state index is 10.8. The average molecular weight is 344 g/mol. The van der Waals surface area contributed by atoms with E-state index in [2.05, 4.69) is 25.1 Å². The summed E-state index contributed by atoms with van der Waals surface area (Å²) in [7, 11) is 4.26. The number of rotatable bonds is 8. The standard InChI is InChI=1S/C22H33NO2/c1-23(2)12-8-4-5-9-16-13-18-15-20(24)21(19(18)14-16)22(25)17-10-6-3-7-11-17/h3,6-7,10-11,13,18-22,24-25H,4-5,8-9,12,14-15H2,1-2H3/t18-,19-,20+,21+,22-/m0/s1. The number of allylic oxidation sites excluding steroid dienone is 2. The second kappa shape index (κ2) is 8.48. The fraction of sp³-hybridized carbons (Fsp3) is 0.636. The summed E-state index contributed by atoms with van der Waals surface area (Å²) in [5, 5.41) is 21.4. The minimum Gasteiger partial charge on any atom is -0.393 e. The number of aliphatic hydroxyl groups is 2. The summed E-state index contributed by atoms with van der Waals surface area (Å²) in [6, 6.07) is 9.83. The van der Waals surface area contributed by atoms with Crippen LogP contribution in [0.2, 0.25) is 0 Å². The van der Waals surface area contributed by atoms with Gasteiger partial charge in [0.05, 0.1) is 12.2 Å². The van der Waals surface area contributed by atoms with Crippen LogP contribution in [0.3, 0.4) is 0 Å². The third-order valence-electron chi connectivity index (χ3n) is 6.06. The molecule has 0 spiro atoms. The van der Waals surface area contributed by atoms with Crippen molar-refractivity contribution in [2.75, 3.05) is 20.6 Å². The number of hydrogen-bond acceptors (Lipinski definition) is 3. The van der Waals surface area contributed by atoms with Gasteiger partial charge >= 0.3 is 0 Å². The fourth-order valence-electron chi connectivity index (χ4n) is 4.79. The molecule has 2 aliphatic carbocycles. The molecular formula is C22H33NO2. The molecule has 0 amide bonds. The normalized spacial score (nSPS) is 29.7. The summed E-state index contributed by atoms with van der Waals surface area (Å²) in [5.74, 6) is 0.826. The second-order valence-corrected chi connectivity index (χ2v) is 8.21. The van der Waals surface area contributed by atoms with Gasteiger partial charge in [-0.05, 0) is 70.1 Å². The van der Waals surface area contributed by atoms with Crippen LogP contribution in [-0.2, 0) is 0 Å². The van der Waals surface area contributed by atoms with Crippen LogP contribution in [0.4, 0.5) is 0 Å². The molecule has 1 aromatic rings. The topological polar surface area (TPSA) is 43.7 Å². The quantitative estimate of drug-likeness (QED) is 0.557. The molecule has 3 heteroatoms. The molecule has 3 rings (SSSR count). The Morgan fingerprint density at radius 3 is 2.60 bits per heavy atom. The minimum absolute atomic E-state index is 0.0325. The zero-order valence-electron chi connectivity index (χ0n) is 15.6. The van der Waals surface area contributed by atoms with Crippen LogP contribution in [0.5, 0.6) is 0 Å². The van der Waals surface area contributed by atoms with Gasteiger partial charge in [-0.1, -0.05) is 48.4 Å². The van der Waals surface area contributed by atoms with Gasteiger partial charge in [-0.2, -0.15) is 0 Å². The Hall–Kier alpha value is -1.16. The van der Waals surface area contributed by atoms with E-state index in [4.69, 9.17) is 0 Å². The van der Waals surface area contributed by atoms with Crippen molar-refractivity contribution in [1.29, 1.82) is 0 Å². The molecule has 1 fully saturated rings. The Morgan fingerprint density at radius 2 is 1.88 bits per heavy atom. The smallest absolute Gasteiger partial charge is 0.0845 e. The van der Waals surface area contributed by atoms with E-state index in [1.165, 1.54) is 32.2 Å². The molecule has 3 nitrogen and oxygen atoms in total. The van der Waals surface area contributed by atoms with Crippen molar-refractivity contribution in [1.82, 2.24) is 4.90 Å². The minimum atomic E-state index is -0.556. The zero-order chi connectivity index (χ0) is 17.8. The van der Waals surface area contributed by atoms with Crippen LogP contribution in [0.15, 0.2) is 42.0 Å². The molecule has 0 saturated heterocycles. The van der Waals surface area contributed by atoms with E-state index in [-0.39, 0.29) is 12.0 Å². The van der Waals surface area contributed by atoms with Gasteiger partial charge in [0.15, 0.2) is 0 Å². The van der Waals surface area contributed by atoms with E-state index in [0.29, 0.717) is 11.8 Å².